The number of phenolic OH excluding ortho intramolecular Hbond substituents is 1. The Morgan fingerprint density at radius 2 is 1.78 bits per heavy atom. The molecule has 0 aliphatic carbocycles. The van der Waals surface area contributed by atoms with Gasteiger partial charge in [0.25, 0.3) is 0 Å². The summed E-state index contributed by atoms with van der Waals surface area (Å²) >= 11 is 0. The molecule has 0 amide bonds. The van der Waals surface area contributed by atoms with Gasteiger partial charge in [-0.25, -0.2) is 4.79 Å². The molecule has 0 radical (unpaired) electrons. The maximum absolute atomic E-state index is 11.4. The molecular formula is C14H15NO3. The van der Waals surface area contributed by atoms with E-state index in [0.29, 0.717) is 0 Å². The first kappa shape index (κ1) is 12.2. The highest BCUT2D eigenvalue weighted by molar-refractivity contribution is 5.92. The van der Waals surface area contributed by atoms with Crippen molar-refractivity contribution in [3.8, 4) is 11.4 Å². The van der Waals surface area contributed by atoms with Crippen LogP contribution in [0.4, 0.5) is 0 Å². The normalized spacial score (nSPS) is 10.4. The Balaban J connectivity index is 2.50. The molecule has 4 heteroatoms. The molecule has 2 aromatic rings. The third-order valence-corrected chi connectivity index (χ3v) is 2.92. The van der Waals surface area contributed by atoms with E-state index >= 15 is 0 Å². The number of carbonyl (C=O) groups is 1. The fourth-order valence-corrected chi connectivity index (χ4v) is 2.02. The quantitative estimate of drug-likeness (QED) is 0.827. The van der Waals surface area contributed by atoms with Crippen LogP contribution < -0.4 is 0 Å². The van der Waals surface area contributed by atoms with Crippen LogP contribution in [-0.4, -0.2) is 22.8 Å². The van der Waals surface area contributed by atoms with Gasteiger partial charge in [0.15, 0.2) is 0 Å². The van der Waals surface area contributed by atoms with E-state index in [2.05, 4.69) is 4.74 Å². The predicted molar refractivity (Wildman–Crippen MR) is 68.2 cm³/mol. The minimum atomic E-state index is -0.542. The smallest absolute Gasteiger partial charge is 0.341 e. The largest absolute Gasteiger partial charge is 0.507 e. The summed E-state index contributed by atoms with van der Waals surface area (Å²) in [6.45, 7) is 3.97. The minimum Gasteiger partial charge on any atom is -0.507 e. The maximum atomic E-state index is 11.4. The summed E-state index contributed by atoms with van der Waals surface area (Å²) in [4.78, 5) is 11.4. The Labute approximate surface area is 105 Å². The van der Waals surface area contributed by atoms with Crippen LogP contribution in [0.15, 0.2) is 30.3 Å². The molecule has 2 rings (SSSR count). The summed E-state index contributed by atoms with van der Waals surface area (Å²) in [7, 11) is 1.29. The lowest BCUT2D eigenvalue weighted by Crippen LogP contribution is -2.03. The van der Waals surface area contributed by atoms with E-state index in [9.17, 15) is 9.90 Å². The SMILES string of the molecule is COC(=O)c1ccc(-n2c(C)ccc2C)cc1O. The standard InChI is InChI=1S/C14H15NO3/c1-9-4-5-10(2)15(9)11-6-7-12(13(16)8-11)14(17)18-3/h4-8,16H,1-3H3. The van der Waals surface area contributed by atoms with Crippen molar-refractivity contribution in [1.29, 1.82) is 0 Å². The van der Waals surface area contributed by atoms with E-state index in [1.165, 1.54) is 7.11 Å². The van der Waals surface area contributed by atoms with Crippen LogP contribution in [0.25, 0.3) is 5.69 Å². The van der Waals surface area contributed by atoms with Crippen molar-refractivity contribution in [3.05, 3.63) is 47.3 Å². The van der Waals surface area contributed by atoms with Gasteiger partial charge >= 0.3 is 5.97 Å². The van der Waals surface area contributed by atoms with E-state index in [-0.39, 0.29) is 11.3 Å². The van der Waals surface area contributed by atoms with Crippen molar-refractivity contribution in [2.45, 2.75) is 13.8 Å². The van der Waals surface area contributed by atoms with Gasteiger partial charge in [-0.2, -0.15) is 0 Å². The van der Waals surface area contributed by atoms with E-state index < -0.39 is 5.97 Å². The number of aromatic hydroxyl groups is 1. The topological polar surface area (TPSA) is 51.5 Å². The number of phenols is 1. The van der Waals surface area contributed by atoms with E-state index in [1.54, 1.807) is 18.2 Å². The number of rotatable bonds is 2. The van der Waals surface area contributed by atoms with Gasteiger partial charge in [-0.05, 0) is 38.1 Å². The molecule has 4 nitrogen and oxygen atoms in total. The highest BCUT2D eigenvalue weighted by Crippen LogP contribution is 2.24. The number of carbonyl (C=O) groups excluding carboxylic acids is 1. The van der Waals surface area contributed by atoms with Crippen LogP contribution in [-0.2, 0) is 4.74 Å². The third kappa shape index (κ3) is 1.97. The second-order valence-electron chi connectivity index (χ2n) is 4.14. The van der Waals surface area contributed by atoms with Crippen LogP contribution in [0.5, 0.6) is 5.75 Å². The number of benzene rings is 1. The van der Waals surface area contributed by atoms with Gasteiger partial charge < -0.3 is 14.4 Å². The Morgan fingerprint density at radius 1 is 1.17 bits per heavy atom. The van der Waals surface area contributed by atoms with Crippen molar-refractivity contribution >= 4 is 5.97 Å². The number of hydrogen-bond donors (Lipinski definition) is 1. The summed E-state index contributed by atoms with van der Waals surface area (Å²) in [5.74, 6) is -0.619. The highest BCUT2D eigenvalue weighted by atomic mass is 16.5. The Bertz CT molecular complexity index is 580. The van der Waals surface area contributed by atoms with Gasteiger partial charge in [0, 0.05) is 23.1 Å². The van der Waals surface area contributed by atoms with Crippen molar-refractivity contribution < 1.29 is 14.6 Å². The van der Waals surface area contributed by atoms with Crippen molar-refractivity contribution in [2.24, 2.45) is 0 Å². The molecule has 1 aromatic carbocycles. The first-order chi connectivity index (χ1) is 8.54. The molecule has 0 spiro atoms. The number of nitrogens with zero attached hydrogens (tertiary/aromatic N) is 1. The molecule has 0 bridgehead atoms. The molecule has 1 N–H and O–H groups in total. The Kier molecular flexibility index (Phi) is 3.10. The summed E-state index contributed by atoms with van der Waals surface area (Å²) in [5, 5.41) is 9.86. The predicted octanol–water partition coefficient (Wildman–Crippen LogP) is 2.59. The van der Waals surface area contributed by atoms with Gasteiger partial charge in [-0.3, -0.25) is 0 Å². The van der Waals surface area contributed by atoms with Crippen LogP contribution in [0.1, 0.15) is 21.7 Å². The molecule has 0 saturated carbocycles. The van der Waals surface area contributed by atoms with Gasteiger partial charge in [0.1, 0.15) is 11.3 Å². The maximum Gasteiger partial charge on any atom is 0.341 e. The second kappa shape index (κ2) is 4.56. The van der Waals surface area contributed by atoms with Crippen LogP contribution in [0.3, 0.4) is 0 Å². The zero-order valence-electron chi connectivity index (χ0n) is 10.6. The minimum absolute atomic E-state index is 0.0770. The number of aryl methyl sites for hydroxylation is 2. The van der Waals surface area contributed by atoms with Gasteiger partial charge in [-0.1, -0.05) is 0 Å². The van der Waals surface area contributed by atoms with Crippen molar-refractivity contribution in [1.82, 2.24) is 4.57 Å². The number of esters is 1. The second-order valence-corrected chi connectivity index (χ2v) is 4.14. The molecule has 0 unspecified atom stereocenters. The van der Waals surface area contributed by atoms with Gasteiger partial charge in [-0.15, -0.1) is 0 Å². The first-order valence-electron chi connectivity index (χ1n) is 5.61. The molecule has 0 aliphatic rings. The molecule has 94 valence electrons. The summed E-state index contributed by atoms with van der Waals surface area (Å²) in [6.07, 6.45) is 0. The molecule has 0 fully saturated rings. The monoisotopic (exact) mass is 245 g/mol. The zero-order chi connectivity index (χ0) is 13.3. The van der Waals surface area contributed by atoms with Crippen LogP contribution in [0, 0.1) is 13.8 Å². The molecule has 18 heavy (non-hydrogen) atoms. The lowest BCUT2D eigenvalue weighted by atomic mass is 10.1. The number of aromatic nitrogens is 1. The molecule has 0 atom stereocenters. The zero-order valence-corrected chi connectivity index (χ0v) is 10.6. The lowest BCUT2D eigenvalue weighted by molar-refractivity contribution is 0.0597. The molecular weight excluding hydrogens is 230 g/mol. The van der Waals surface area contributed by atoms with Crippen LogP contribution in [0.2, 0.25) is 0 Å². The average Bonchev–Trinajstić information content (AvgIpc) is 2.68. The third-order valence-electron chi connectivity index (χ3n) is 2.92. The van der Waals surface area contributed by atoms with Crippen molar-refractivity contribution in [2.75, 3.05) is 7.11 Å². The molecule has 1 aromatic heterocycles. The summed E-state index contributed by atoms with van der Waals surface area (Å²) < 4.78 is 6.59. The number of ether oxygens (including phenoxy) is 1. The molecule has 0 saturated heterocycles. The average molecular weight is 245 g/mol. The highest BCUT2D eigenvalue weighted by Gasteiger charge is 2.13. The van der Waals surface area contributed by atoms with Gasteiger partial charge in [0.2, 0.25) is 0 Å². The van der Waals surface area contributed by atoms with E-state index in [4.69, 9.17) is 0 Å². The van der Waals surface area contributed by atoms with Crippen molar-refractivity contribution in [3.63, 3.8) is 0 Å². The molecule has 1 heterocycles. The lowest BCUT2D eigenvalue weighted by Gasteiger charge is -2.11. The van der Waals surface area contributed by atoms with Crippen LogP contribution >= 0.6 is 0 Å². The van der Waals surface area contributed by atoms with E-state index in [1.807, 2.05) is 30.5 Å². The van der Waals surface area contributed by atoms with E-state index in [0.717, 1.165) is 17.1 Å². The number of methoxy groups -OCH3 is 1. The Hall–Kier alpha value is -2.23. The number of hydrogen-bond acceptors (Lipinski definition) is 3. The fraction of sp³-hybridized carbons (Fsp3) is 0.214. The molecule has 0 aliphatic heterocycles. The summed E-state index contributed by atoms with van der Waals surface area (Å²) in [5.41, 5.74) is 3.12. The summed E-state index contributed by atoms with van der Waals surface area (Å²) in [6, 6.07) is 8.91. The van der Waals surface area contributed by atoms with Gasteiger partial charge in [0.05, 0.1) is 7.11 Å². The fourth-order valence-electron chi connectivity index (χ4n) is 2.02. The first-order valence-corrected chi connectivity index (χ1v) is 5.61. The Morgan fingerprint density at radius 3 is 2.28 bits per heavy atom.